The molecule has 224 valence electrons. The third kappa shape index (κ3) is 5.41. The van der Waals surface area contributed by atoms with E-state index in [2.05, 4.69) is 108 Å². The Morgan fingerprint density at radius 3 is 1.60 bits per heavy atom. The van der Waals surface area contributed by atoms with E-state index in [0.29, 0.717) is 0 Å². The van der Waals surface area contributed by atoms with Gasteiger partial charge in [-0.05, 0) is 120 Å². The summed E-state index contributed by atoms with van der Waals surface area (Å²) in [5.41, 5.74) is 7.85. The molecule has 0 saturated heterocycles. The summed E-state index contributed by atoms with van der Waals surface area (Å²) in [7, 11) is -0.204. The van der Waals surface area contributed by atoms with Crippen LogP contribution in [-0.2, 0) is 10.8 Å². The Bertz CT molecular complexity index is 1730. The van der Waals surface area contributed by atoms with Crippen molar-refractivity contribution in [2.45, 2.75) is 128 Å². The molecule has 2 fully saturated rings. The monoisotopic (exact) mass is 586 g/mol. The summed E-state index contributed by atoms with van der Waals surface area (Å²) in [6, 6.07) is 27.1. The predicted molar refractivity (Wildman–Crippen MR) is 193 cm³/mol. The van der Waals surface area contributed by atoms with Gasteiger partial charge < -0.3 is 0 Å². The smallest absolute Gasteiger partial charge is 0.00204 e. The maximum Gasteiger partial charge on any atom is -0.00204 e. The van der Waals surface area contributed by atoms with Crippen LogP contribution in [0.1, 0.15) is 117 Å². The van der Waals surface area contributed by atoms with Crippen molar-refractivity contribution >= 4 is 45.5 Å². The van der Waals surface area contributed by atoms with Gasteiger partial charge in [-0.3, -0.25) is 0 Å². The van der Waals surface area contributed by atoms with Gasteiger partial charge in [0.25, 0.3) is 0 Å². The van der Waals surface area contributed by atoms with Crippen molar-refractivity contribution in [2.24, 2.45) is 0 Å². The van der Waals surface area contributed by atoms with E-state index >= 15 is 0 Å². The van der Waals surface area contributed by atoms with Crippen LogP contribution in [0.25, 0.3) is 43.4 Å². The number of benzene rings is 5. The largest absolute Gasteiger partial charge is 0.0683 e. The standard InChI is InChI=1S/C42H51P/c1-41(2,3)31-23-28-21-22-29-24-32(42(4,5)6)27-37-36(26-30(25-31)39(28)40(29)37)35-19-13-14-20-38(35)43(33-15-9-7-10-16-33)34-17-11-8-12-18-34/h13-14,19-27,33-34H,7-12,15-18H2,1-6H3. The SMILES string of the molecule is CC(C)(C)c1cc2ccc3cc(C(C)(C)C)cc4c(-c5ccccc5P(C5CCCCC5)C5CCCCC5)cc(c1)c2c34. The molecule has 7 rings (SSSR count). The number of rotatable bonds is 4. The van der Waals surface area contributed by atoms with E-state index in [4.69, 9.17) is 0 Å². The fourth-order valence-corrected chi connectivity index (χ4v) is 12.3. The molecule has 5 aromatic rings. The highest BCUT2D eigenvalue weighted by atomic mass is 31.1. The molecule has 0 heterocycles. The van der Waals surface area contributed by atoms with Gasteiger partial charge in [-0.1, -0.05) is 143 Å². The Kier molecular flexibility index (Phi) is 7.61. The van der Waals surface area contributed by atoms with Gasteiger partial charge in [-0.25, -0.2) is 0 Å². The van der Waals surface area contributed by atoms with Crippen molar-refractivity contribution in [1.29, 1.82) is 0 Å². The average molecular weight is 587 g/mol. The molecule has 0 spiro atoms. The second kappa shape index (κ2) is 11.2. The van der Waals surface area contributed by atoms with Crippen molar-refractivity contribution in [3.63, 3.8) is 0 Å². The first-order valence-electron chi connectivity index (χ1n) is 17.2. The summed E-state index contributed by atoms with van der Waals surface area (Å²) in [5, 5.41) is 10.3. The van der Waals surface area contributed by atoms with Crippen molar-refractivity contribution in [3.05, 3.63) is 77.9 Å². The van der Waals surface area contributed by atoms with E-state index in [1.807, 2.05) is 0 Å². The van der Waals surface area contributed by atoms with E-state index in [0.717, 1.165) is 11.3 Å². The molecule has 0 aromatic heterocycles. The molecule has 2 saturated carbocycles. The molecule has 0 bridgehead atoms. The number of hydrogen-bond acceptors (Lipinski definition) is 0. The molecule has 43 heavy (non-hydrogen) atoms. The lowest BCUT2D eigenvalue weighted by atomic mass is 9.79. The topological polar surface area (TPSA) is 0 Å². The lowest BCUT2D eigenvalue weighted by Crippen LogP contribution is -2.27. The molecular weight excluding hydrogens is 535 g/mol. The summed E-state index contributed by atoms with van der Waals surface area (Å²) in [6.07, 6.45) is 14.4. The van der Waals surface area contributed by atoms with E-state index in [-0.39, 0.29) is 18.8 Å². The van der Waals surface area contributed by atoms with E-state index < -0.39 is 0 Å². The van der Waals surface area contributed by atoms with Gasteiger partial charge in [-0.2, -0.15) is 0 Å². The highest BCUT2D eigenvalue weighted by molar-refractivity contribution is 7.67. The Hall–Kier alpha value is -2.43. The van der Waals surface area contributed by atoms with Gasteiger partial charge in [0.15, 0.2) is 0 Å². The van der Waals surface area contributed by atoms with Crippen LogP contribution in [0.4, 0.5) is 0 Å². The maximum atomic E-state index is 2.60. The molecule has 0 aliphatic heterocycles. The van der Waals surface area contributed by atoms with E-state index in [1.165, 1.54) is 119 Å². The average Bonchev–Trinajstić information content (AvgIpc) is 3.00. The first-order chi connectivity index (χ1) is 20.6. The normalized spacial score (nSPS) is 18.0. The first-order valence-corrected chi connectivity index (χ1v) is 18.7. The Morgan fingerprint density at radius 1 is 0.512 bits per heavy atom. The summed E-state index contributed by atoms with van der Waals surface area (Å²) in [5.74, 6) is 0. The van der Waals surface area contributed by atoms with E-state index in [1.54, 1.807) is 5.30 Å². The number of hydrogen-bond donors (Lipinski definition) is 0. The zero-order chi connectivity index (χ0) is 29.9. The van der Waals surface area contributed by atoms with Crippen LogP contribution in [-0.4, -0.2) is 11.3 Å². The lowest BCUT2D eigenvalue weighted by Gasteiger charge is -2.39. The third-order valence-corrected chi connectivity index (χ3v) is 14.3. The van der Waals surface area contributed by atoms with Gasteiger partial charge in [0.2, 0.25) is 0 Å². The molecule has 2 aliphatic rings. The van der Waals surface area contributed by atoms with Gasteiger partial charge >= 0.3 is 0 Å². The van der Waals surface area contributed by atoms with Gasteiger partial charge in [0.05, 0.1) is 0 Å². The van der Waals surface area contributed by atoms with Crippen molar-refractivity contribution in [1.82, 2.24) is 0 Å². The molecule has 0 N–H and O–H groups in total. The minimum Gasteiger partial charge on any atom is -0.0683 e. The zero-order valence-corrected chi connectivity index (χ0v) is 28.4. The van der Waals surface area contributed by atoms with Crippen LogP contribution in [0.5, 0.6) is 0 Å². The molecule has 0 atom stereocenters. The van der Waals surface area contributed by atoms with Crippen LogP contribution in [0, 0.1) is 0 Å². The highest BCUT2D eigenvalue weighted by Gasteiger charge is 2.34. The van der Waals surface area contributed by atoms with Gasteiger partial charge in [0, 0.05) is 0 Å². The van der Waals surface area contributed by atoms with Crippen molar-refractivity contribution < 1.29 is 0 Å². The third-order valence-electron chi connectivity index (χ3n) is 10.8. The minimum absolute atomic E-state index is 0.0947. The first kappa shape index (κ1) is 29.3. The fraction of sp³-hybridized carbons (Fsp3) is 0.476. The molecule has 0 nitrogen and oxygen atoms in total. The quantitative estimate of drug-likeness (QED) is 0.145. The van der Waals surface area contributed by atoms with Crippen LogP contribution >= 0.6 is 7.92 Å². The van der Waals surface area contributed by atoms with Crippen LogP contribution in [0.2, 0.25) is 0 Å². The molecule has 1 heteroatoms. The summed E-state index contributed by atoms with van der Waals surface area (Å²) < 4.78 is 0. The van der Waals surface area contributed by atoms with Gasteiger partial charge in [-0.15, -0.1) is 0 Å². The molecule has 0 radical (unpaired) electrons. The molecule has 0 amide bonds. The summed E-state index contributed by atoms with van der Waals surface area (Å²) in [6.45, 7) is 14.2. The van der Waals surface area contributed by atoms with Gasteiger partial charge in [0.1, 0.15) is 0 Å². The van der Waals surface area contributed by atoms with Crippen molar-refractivity contribution in [2.75, 3.05) is 0 Å². The Balaban J connectivity index is 1.54. The zero-order valence-electron chi connectivity index (χ0n) is 27.5. The minimum atomic E-state index is -0.204. The molecule has 0 unspecified atom stereocenters. The van der Waals surface area contributed by atoms with Crippen LogP contribution < -0.4 is 5.30 Å². The second-order valence-electron chi connectivity index (χ2n) is 15.9. The molecule has 5 aromatic carbocycles. The van der Waals surface area contributed by atoms with Crippen LogP contribution in [0.3, 0.4) is 0 Å². The Labute approximate surface area is 261 Å². The maximum absolute atomic E-state index is 2.60. The van der Waals surface area contributed by atoms with Crippen LogP contribution in [0.15, 0.2) is 66.7 Å². The van der Waals surface area contributed by atoms with Crippen molar-refractivity contribution in [3.8, 4) is 11.1 Å². The molecular formula is C42H51P. The molecule has 2 aliphatic carbocycles. The summed E-state index contributed by atoms with van der Waals surface area (Å²) in [4.78, 5) is 0. The Morgan fingerprint density at radius 2 is 1.02 bits per heavy atom. The summed E-state index contributed by atoms with van der Waals surface area (Å²) >= 11 is 0. The second-order valence-corrected chi connectivity index (χ2v) is 18.7. The fourth-order valence-electron chi connectivity index (χ4n) is 8.35. The lowest BCUT2D eigenvalue weighted by molar-refractivity contribution is 0.487. The predicted octanol–water partition coefficient (Wildman–Crippen LogP) is 12.6. The van der Waals surface area contributed by atoms with E-state index in [9.17, 15) is 0 Å². The highest BCUT2D eigenvalue weighted by Crippen LogP contribution is 2.57.